The van der Waals surface area contributed by atoms with Crippen molar-refractivity contribution in [2.24, 2.45) is 5.92 Å². The van der Waals surface area contributed by atoms with E-state index in [-0.39, 0.29) is 25.4 Å². The first-order chi connectivity index (χ1) is 24.2. The number of hydrogen-bond acceptors (Lipinski definition) is 9. The summed E-state index contributed by atoms with van der Waals surface area (Å²) >= 11 is 3.57. The Labute approximate surface area is 300 Å². The molecule has 2 amide bonds. The van der Waals surface area contributed by atoms with Crippen molar-refractivity contribution in [1.82, 2.24) is 4.90 Å². The van der Waals surface area contributed by atoms with Gasteiger partial charge in [0, 0.05) is 20.0 Å². The molecule has 1 aliphatic heterocycles. The molecule has 5 atom stereocenters. The van der Waals surface area contributed by atoms with Gasteiger partial charge in [-0.25, -0.2) is 9.69 Å². The van der Waals surface area contributed by atoms with Crippen molar-refractivity contribution >= 4 is 33.9 Å². The summed E-state index contributed by atoms with van der Waals surface area (Å²) in [6.07, 6.45) is -1.76. The molecular weight excluding hydrogens is 706 g/mol. The lowest BCUT2D eigenvalue weighted by Gasteiger charge is -2.29. The first-order valence-corrected chi connectivity index (χ1v) is 17.5. The van der Waals surface area contributed by atoms with Gasteiger partial charge in [0.2, 0.25) is 5.91 Å². The number of amides is 2. The number of esters is 1. The van der Waals surface area contributed by atoms with Crippen LogP contribution in [0.3, 0.4) is 0 Å². The SMILES string of the molecule is CC(=O)O[C@H](c1cc(Br)c(CCCOC[C@@H](CO)OCc2ccccc2)o1)[C@H](Cc1ccccc1)C(=O)N1C(=O)O[C@H](c2ccccc2)[C@@H]1C. The van der Waals surface area contributed by atoms with Gasteiger partial charge in [-0.05, 0) is 58.5 Å². The molecule has 1 saturated heterocycles. The van der Waals surface area contributed by atoms with Crippen molar-refractivity contribution in [2.45, 2.75) is 64.1 Å². The van der Waals surface area contributed by atoms with Crippen LogP contribution in [0.5, 0.6) is 0 Å². The van der Waals surface area contributed by atoms with Crippen LogP contribution in [0.2, 0.25) is 0 Å². The predicted molar refractivity (Wildman–Crippen MR) is 188 cm³/mol. The highest BCUT2D eigenvalue weighted by Gasteiger charge is 2.48. The van der Waals surface area contributed by atoms with Crippen molar-refractivity contribution in [2.75, 3.05) is 19.8 Å². The molecule has 1 aliphatic rings. The molecule has 50 heavy (non-hydrogen) atoms. The molecule has 4 aromatic rings. The van der Waals surface area contributed by atoms with Gasteiger partial charge in [-0.1, -0.05) is 91.0 Å². The summed E-state index contributed by atoms with van der Waals surface area (Å²) in [5.74, 6) is -1.29. The third kappa shape index (κ3) is 9.69. The summed E-state index contributed by atoms with van der Waals surface area (Å²) in [5.41, 5.74) is 2.60. The van der Waals surface area contributed by atoms with Gasteiger partial charge in [-0.15, -0.1) is 0 Å². The number of ether oxygens (including phenoxy) is 4. The van der Waals surface area contributed by atoms with E-state index in [0.29, 0.717) is 36.3 Å². The number of imide groups is 1. The van der Waals surface area contributed by atoms with Crippen molar-refractivity contribution in [3.05, 3.63) is 130 Å². The van der Waals surface area contributed by atoms with Crippen LogP contribution in [0.25, 0.3) is 0 Å². The number of halogens is 1. The lowest BCUT2D eigenvalue weighted by molar-refractivity contribution is -0.155. The van der Waals surface area contributed by atoms with Crippen molar-refractivity contribution in [3.8, 4) is 0 Å². The Morgan fingerprint density at radius 3 is 2.24 bits per heavy atom. The number of nitrogens with zero attached hydrogens (tertiary/aromatic N) is 1. The molecule has 1 aromatic heterocycles. The van der Waals surface area contributed by atoms with E-state index in [4.69, 9.17) is 23.4 Å². The fraction of sp³-hybridized carbons (Fsp3) is 0.359. The quantitative estimate of drug-likeness (QED) is 0.0887. The number of benzene rings is 3. The fourth-order valence-corrected chi connectivity index (χ4v) is 6.47. The number of hydrogen-bond donors (Lipinski definition) is 1. The predicted octanol–water partition coefficient (Wildman–Crippen LogP) is 7.14. The Bertz CT molecular complexity index is 1680. The number of cyclic esters (lactones) is 1. The molecule has 0 aliphatic carbocycles. The Morgan fingerprint density at radius 1 is 0.960 bits per heavy atom. The second-order valence-corrected chi connectivity index (χ2v) is 13.0. The molecule has 0 radical (unpaired) electrons. The molecule has 0 spiro atoms. The molecule has 1 N–H and O–H groups in total. The molecule has 2 heterocycles. The van der Waals surface area contributed by atoms with E-state index < -0.39 is 48.2 Å². The molecule has 10 nitrogen and oxygen atoms in total. The van der Waals surface area contributed by atoms with Crippen molar-refractivity contribution in [3.63, 3.8) is 0 Å². The molecule has 5 rings (SSSR count). The molecule has 0 saturated carbocycles. The average molecular weight is 749 g/mol. The Balaban J connectivity index is 1.29. The van der Waals surface area contributed by atoms with Crippen LogP contribution in [0.1, 0.15) is 60.7 Å². The molecule has 264 valence electrons. The van der Waals surface area contributed by atoms with Crippen LogP contribution in [0.15, 0.2) is 106 Å². The molecule has 0 bridgehead atoms. The lowest BCUT2D eigenvalue weighted by atomic mass is 9.90. The van der Waals surface area contributed by atoms with Crippen LogP contribution in [0.4, 0.5) is 4.79 Å². The van der Waals surface area contributed by atoms with Gasteiger partial charge in [0.1, 0.15) is 23.7 Å². The van der Waals surface area contributed by atoms with E-state index in [1.165, 1.54) is 6.92 Å². The van der Waals surface area contributed by atoms with E-state index in [9.17, 15) is 19.5 Å². The summed E-state index contributed by atoms with van der Waals surface area (Å²) in [6.45, 7) is 3.86. The standard InChI is InChI=1S/C39H42BrNO9/c1-26-36(30-17-10-5-11-18-30)50-39(45)41(26)38(44)32(21-28-13-6-3-7-14-28)37(48-27(2)43)35-22-33(40)34(49-35)19-12-20-46-25-31(23-42)47-24-29-15-8-4-9-16-29/h3-11,13-18,22,26,31-32,36-37,42H,12,19-21,23-25H2,1-2H3/t26-,31+,32-,36-,37-/m0/s1. The highest BCUT2D eigenvalue weighted by molar-refractivity contribution is 9.10. The summed E-state index contributed by atoms with van der Waals surface area (Å²) < 4.78 is 30.0. The van der Waals surface area contributed by atoms with E-state index in [1.54, 1.807) is 13.0 Å². The van der Waals surface area contributed by atoms with Gasteiger partial charge in [0.25, 0.3) is 0 Å². The van der Waals surface area contributed by atoms with Crippen LogP contribution in [-0.2, 0) is 48.0 Å². The average Bonchev–Trinajstić information content (AvgIpc) is 3.65. The summed E-state index contributed by atoms with van der Waals surface area (Å²) in [4.78, 5) is 41.3. The van der Waals surface area contributed by atoms with E-state index in [1.807, 2.05) is 91.0 Å². The number of aryl methyl sites for hydroxylation is 1. The van der Waals surface area contributed by atoms with Crippen LogP contribution >= 0.6 is 15.9 Å². The minimum absolute atomic E-state index is 0.166. The number of furan rings is 1. The molecule has 0 unspecified atom stereocenters. The monoisotopic (exact) mass is 747 g/mol. The number of carbonyl (C=O) groups is 3. The fourth-order valence-electron chi connectivity index (χ4n) is 5.96. The largest absolute Gasteiger partial charge is 0.461 e. The van der Waals surface area contributed by atoms with E-state index >= 15 is 0 Å². The van der Waals surface area contributed by atoms with Crippen molar-refractivity contribution < 1.29 is 42.9 Å². The first-order valence-electron chi connectivity index (χ1n) is 16.7. The number of aliphatic hydroxyl groups is 1. The van der Waals surface area contributed by atoms with Crippen molar-refractivity contribution in [1.29, 1.82) is 0 Å². The summed E-state index contributed by atoms with van der Waals surface area (Å²) in [6, 6.07) is 29.4. The van der Waals surface area contributed by atoms with Gasteiger partial charge in [0.05, 0.1) is 36.3 Å². The normalized spacial score (nSPS) is 17.6. The van der Waals surface area contributed by atoms with Gasteiger partial charge in [0.15, 0.2) is 6.10 Å². The first kappa shape index (κ1) is 37.0. The zero-order chi connectivity index (χ0) is 35.5. The van der Waals surface area contributed by atoms with Gasteiger partial charge in [-0.3, -0.25) is 9.59 Å². The molecule has 1 fully saturated rings. The maximum Gasteiger partial charge on any atom is 0.417 e. The van der Waals surface area contributed by atoms with Gasteiger partial charge < -0.3 is 28.5 Å². The number of rotatable bonds is 17. The van der Waals surface area contributed by atoms with Crippen LogP contribution in [0, 0.1) is 5.92 Å². The van der Waals surface area contributed by atoms with E-state index in [0.717, 1.165) is 21.6 Å². The summed E-state index contributed by atoms with van der Waals surface area (Å²) in [5, 5.41) is 9.72. The second kappa shape index (κ2) is 18.1. The highest BCUT2D eigenvalue weighted by atomic mass is 79.9. The molecular formula is C39H42BrNO9. The zero-order valence-electron chi connectivity index (χ0n) is 28.1. The third-order valence-electron chi connectivity index (χ3n) is 8.49. The Kier molecular flexibility index (Phi) is 13.4. The minimum Gasteiger partial charge on any atom is -0.461 e. The molecule has 11 heteroatoms. The van der Waals surface area contributed by atoms with Gasteiger partial charge >= 0.3 is 12.1 Å². The maximum absolute atomic E-state index is 14.4. The Morgan fingerprint density at radius 2 is 1.60 bits per heavy atom. The van der Waals surface area contributed by atoms with Crippen LogP contribution in [-0.4, -0.2) is 59.9 Å². The lowest BCUT2D eigenvalue weighted by Crippen LogP contribution is -2.44. The van der Waals surface area contributed by atoms with Gasteiger partial charge in [-0.2, -0.15) is 0 Å². The smallest absolute Gasteiger partial charge is 0.417 e. The van der Waals surface area contributed by atoms with Crippen LogP contribution < -0.4 is 0 Å². The summed E-state index contributed by atoms with van der Waals surface area (Å²) in [7, 11) is 0. The second-order valence-electron chi connectivity index (χ2n) is 12.2. The number of carbonyl (C=O) groups excluding carboxylic acids is 3. The Hall–Kier alpha value is -4.29. The number of aliphatic hydroxyl groups excluding tert-OH is 1. The zero-order valence-corrected chi connectivity index (χ0v) is 29.7. The molecule has 3 aromatic carbocycles. The minimum atomic E-state index is -1.13. The maximum atomic E-state index is 14.4. The highest BCUT2D eigenvalue weighted by Crippen LogP contribution is 2.39. The third-order valence-corrected chi connectivity index (χ3v) is 9.17. The topological polar surface area (TPSA) is 125 Å². The van der Waals surface area contributed by atoms with E-state index in [2.05, 4.69) is 15.9 Å².